The van der Waals surface area contributed by atoms with Gasteiger partial charge in [-0.2, -0.15) is 5.26 Å². The maximum Gasteiger partial charge on any atom is 0.269 e. The molecule has 2 rings (SSSR count). The van der Waals surface area contributed by atoms with E-state index in [4.69, 9.17) is 5.26 Å². The van der Waals surface area contributed by atoms with Crippen molar-refractivity contribution in [3.05, 3.63) is 29.6 Å². The summed E-state index contributed by atoms with van der Waals surface area (Å²) < 4.78 is 22.5. The zero-order valence-electron chi connectivity index (χ0n) is 10.2. The molecule has 1 aromatic rings. The summed E-state index contributed by atoms with van der Waals surface area (Å²) in [6.45, 7) is 0.333. The van der Waals surface area contributed by atoms with Crippen LogP contribution in [0.4, 0.5) is 0 Å². The van der Waals surface area contributed by atoms with Crippen LogP contribution in [0.15, 0.2) is 18.3 Å². The van der Waals surface area contributed by atoms with Gasteiger partial charge in [-0.15, -0.1) is 0 Å². The van der Waals surface area contributed by atoms with E-state index in [1.54, 1.807) is 0 Å². The molecule has 0 spiro atoms. The number of pyridine rings is 1. The molecule has 1 atom stereocenters. The van der Waals surface area contributed by atoms with Crippen molar-refractivity contribution in [1.82, 2.24) is 10.3 Å². The summed E-state index contributed by atoms with van der Waals surface area (Å²) in [6, 6.07) is 4.91. The maximum absolute atomic E-state index is 11.8. The van der Waals surface area contributed by atoms with Gasteiger partial charge >= 0.3 is 0 Å². The summed E-state index contributed by atoms with van der Waals surface area (Å²) in [5.41, 5.74) is 0.610. The van der Waals surface area contributed by atoms with Crippen LogP contribution in [0.3, 0.4) is 0 Å². The van der Waals surface area contributed by atoms with E-state index in [1.807, 2.05) is 6.07 Å². The lowest BCUT2D eigenvalue weighted by Crippen LogP contribution is -2.30. The van der Waals surface area contributed by atoms with E-state index in [9.17, 15) is 13.2 Å². The predicted molar refractivity (Wildman–Crippen MR) is 68.0 cm³/mol. The summed E-state index contributed by atoms with van der Waals surface area (Å²) >= 11 is 0. The Morgan fingerprint density at radius 2 is 2.32 bits per heavy atom. The fourth-order valence-electron chi connectivity index (χ4n) is 1.95. The Labute approximate surface area is 111 Å². The third-order valence-electron chi connectivity index (χ3n) is 3.00. The average molecular weight is 279 g/mol. The van der Waals surface area contributed by atoms with Gasteiger partial charge in [0.1, 0.15) is 11.8 Å². The number of nitrogens with zero attached hydrogens (tertiary/aromatic N) is 2. The summed E-state index contributed by atoms with van der Waals surface area (Å²) in [4.78, 5) is 15.6. The minimum atomic E-state index is -2.92. The van der Waals surface area contributed by atoms with Gasteiger partial charge in [0.15, 0.2) is 9.84 Å². The van der Waals surface area contributed by atoms with Crippen LogP contribution < -0.4 is 5.32 Å². The molecule has 1 aromatic heterocycles. The van der Waals surface area contributed by atoms with Crippen LogP contribution in [0.25, 0.3) is 0 Å². The number of amides is 1. The second-order valence-electron chi connectivity index (χ2n) is 4.52. The van der Waals surface area contributed by atoms with E-state index >= 15 is 0 Å². The van der Waals surface area contributed by atoms with Gasteiger partial charge in [-0.1, -0.05) is 0 Å². The summed E-state index contributed by atoms with van der Waals surface area (Å²) in [5.74, 6) is -0.0439. The van der Waals surface area contributed by atoms with Crippen molar-refractivity contribution in [2.24, 2.45) is 5.92 Å². The number of aromatic nitrogens is 1. The zero-order valence-corrected chi connectivity index (χ0v) is 11.0. The average Bonchev–Trinajstić information content (AvgIpc) is 2.76. The quantitative estimate of drug-likeness (QED) is 0.847. The number of nitrogens with one attached hydrogen (secondary N) is 1. The van der Waals surface area contributed by atoms with E-state index in [1.165, 1.54) is 18.3 Å². The fourth-order valence-corrected chi connectivity index (χ4v) is 3.82. The molecule has 7 heteroatoms. The second-order valence-corrected chi connectivity index (χ2v) is 6.75. The van der Waals surface area contributed by atoms with Crippen molar-refractivity contribution >= 4 is 15.7 Å². The monoisotopic (exact) mass is 279 g/mol. The van der Waals surface area contributed by atoms with Crippen LogP contribution in [0.2, 0.25) is 0 Å². The Bertz CT molecular complexity index is 617. The van der Waals surface area contributed by atoms with Crippen LogP contribution >= 0.6 is 0 Å². The molecule has 6 nitrogen and oxygen atoms in total. The number of sulfone groups is 1. The van der Waals surface area contributed by atoms with Crippen molar-refractivity contribution in [2.75, 3.05) is 18.1 Å². The maximum atomic E-state index is 11.8. The van der Waals surface area contributed by atoms with Gasteiger partial charge in [-0.05, 0) is 24.5 Å². The third-order valence-corrected chi connectivity index (χ3v) is 4.84. The second kappa shape index (κ2) is 5.36. The Kier molecular flexibility index (Phi) is 3.81. The third kappa shape index (κ3) is 3.51. The highest BCUT2D eigenvalue weighted by atomic mass is 32.2. The number of carbonyl (C=O) groups excluding carboxylic acids is 1. The Morgan fingerprint density at radius 1 is 1.53 bits per heavy atom. The van der Waals surface area contributed by atoms with Crippen LogP contribution in [0, 0.1) is 17.2 Å². The predicted octanol–water partition coefficient (Wildman–Crippen LogP) is 0.118. The van der Waals surface area contributed by atoms with Gasteiger partial charge in [0, 0.05) is 12.7 Å². The molecule has 2 heterocycles. The SMILES string of the molecule is N#Cc1ccc(C(=O)NCC2CCS(=O)(=O)C2)nc1. The first kappa shape index (κ1) is 13.5. The highest BCUT2D eigenvalue weighted by Crippen LogP contribution is 2.17. The van der Waals surface area contributed by atoms with Gasteiger partial charge in [0.2, 0.25) is 0 Å². The first-order valence-corrected chi connectivity index (χ1v) is 7.67. The molecule has 1 aliphatic heterocycles. The van der Waals surface area contributed by atoms with E-state index in [0.717, 1.165) is 0 Å². The van der Waals surface area contributed by atoms with Gasteiger partial charge < -0.3 is 5.32 Å². The van der Waals surface area contributed by atoms with Crippen molar-refractivity contribution < 1.29 is 13.2 Å². The lowest BCUT2D eigenvalue weighted by Gasteiger charge is -2.09. The highest BCUT2D eigenvalue weighted by molar-refractivity contribution is 7.91. The lowest BCUT2D eigenvalue weighted by atomic mass is 10.1. The van der Waals surface area contributed by atoms with Crippen molar-refractivity contribution in [3.63, 3.8) is 0 Å². The molecule has 0 saturated carbocycles. The van der Waals surface area contributed by atoms with Crippen LogP contribution in [-0.2, 0) is 9.84 Å². The molecule has 0 aliphatic carbocycles. The van der Waals surface area contributed by atoms with Gasteiger partial charge in [0.25, 0.3) is 5.91 Å². The molecule has 19 heavy (non-hydrogen) atoms. The Hall–Kier alpha value is -1.94. The summed E-state index contributed by atoms with van der Waals surface area (Å²) in [7, 11) is -2.92. The van der Waals surface area contributed by atoms with Crippen LogP contribution in [0.5, 0.6) is 0 Å². The first-order valence-electron chi connectivity index (χ1n) is 5.85. The van der Waals surface area contributed by atoms with Crippen molar-refractivity contribution in [1.29, 1.82) is 5.26 Å². The molecule has 0 radical (unpaired) electrons. The number of carbonyl (C=O) groups is 1. The fraction of sp³-hybridized carbons (Fsp3) is 0.417. The first-order chi connectivity index (χ1) is 9.00. The summed E-state index contributed by atoms with van der Waals surface area (Å²) in [5, 5.41) is 11.3. The molecule has 1 unspecified atom stereocenters. The minimum absolute atomic E-state index is 0.0210. The Balaban J connectivity index is 1.89. The van der Waals surface area contributed by atoms with E-state index in [-0.39, 0.29) is 29.0 Å². The molecular formula is C12H13N3O3S. The lowest BCUT2D eigenvalue weighted by molar-refractivity contribution is 0.0943. The van der Waals surface area contributed by atoms with Crippen LogP contribution in [-0.4, -0.2) is 37.4 Å². The smallest absolute Gasteiger partial charge is 0.269 e. The van der Waals surface area contributed by atoms with Gasteiger partial charge in [-0.25, -0.2) is 13.4 Å². The standard InChI is InChI=1S/C12H13N3O3S/c13-5-9-1-2-11(14-6-9)12(16)15-7-10-3-4-19(17,18)8-10/h1-2,6,10H,3-4,7-8H2,(H,15,16). The number of hydrogen-bond acceptors (Lipinski definition) is 5. The largest absolute Gasteiger partial charge is 0.350 e. The molecule has 1 aliphatic rings. The molecule has 1 fully saturated rings. The molecular weight excluding hydrogens is 266 g/mol. The van der Waals surface area contributed by atoms with Gasteiger partial charge in [-0.3, -0.25) is 4.79 Å². The Morgan fingerprint density at radius 3 is 2.84 bits per heavy atom. The van der Waals surface area contributed by atoms with Gasteiger partial charge in [0.05, 0.1) is 17.1 Å². The molecule has 1 N–H and O–H groups in total. The molecule has 0 aromatic carbocycles. The molecule has 1 saturated heterocycles. The number of nitriles is 1. The number of hydrogen-bond donors (Lipinski definition) is 1. The minimum Gasteiger partial charge on any atom is -0.350 e. The van der Waals surface area contributed by atoms with Crippen molar-refractivity contribution in [3.8, 4) is 6.07 Å². The zero-order chi connectivity index (χ0) is 13.9. The summed E-state index contributed by atoms with van der Waals surface area (Å²) in [6.07, 6.45) is 1.92. The molecule has 0 bridgehead atoms. The van der Waals surface area contributed by atoms with Crippen LogP contribution in [0.1, 0.15) is 22.5 Å². The van der Waals surface area contributed by atoms with E-state index in [2.05, 4.69) is 10.3 Å². The number of rotatable bonds is 3. The van der Waals surface area contributed by atoms with Crippen molar-refractivity contribution in [2.45, 2.75) is 6.42 Å². The molecule has 1 amide bonds. The molecule has 100 valence electrons. The normalized spacial score (nSPS) is 20.7. The topological polar surface area (TPSA) is 99.9 Å². The van der Waals surface area contributed by atoms with E-state index in [0.29, 0.717) is 18.5 Å². The highest BCUT2D eigenvalue weighted by Gasteiger charge is 2.28. The van der Waals surface area contributed by atoms with E-state index < -0.39 is 9.84 Å².